The Morgan fingerprint density at radius 2 is 1.82 bits per heavy atom. The van der Waals surface area contributed by atoms with Crippen LogP contribution in [0.1, 0.15) is 21.6 Å². The van der Waals surface area contributed by atoms with Crippen molar-refractivity contribution in [3.05, 3.63) is 81.8 Å². The lowest BCUT2D eigenvalue weighted by Gasteiger charge is -2.07. The molecule has 0 spiro atoms. The number of para-hydroxylation sites is 1. The molecular weight excluding hydrogens is 354 g/mol. The largest absolute Gasteiger partial charge is 0.296 e. The van der Waals surface area contributed by atoms with Gasteiger partial charge >= 0.3 is 0 Å². The van der Waals surface area contributed by atoms with Crippen molar-refractivity contribution in [1.82, 2.24) is 9.36 Å². The van der Waals surface area contributed by atoms with Gasteiger partial charge in [0.15, 0.2) is 0 Å². The summed E-state index contributed by atoms with van der Waals surface area (Å²) in [6.45, 7) is 3.62. The minimum Gasteiger partial charge on any atom is -0.286 e. The quantitative estimate of drug-likeness (QED) is 0.423. The van der Waals surface area contributed by atoms with Gasteiger partial charge in [0.2, 0.25) is 11.5 Å². The predicted octanol–water partition coefficient (Wildman–Crippen LogP) is 2.97. The van der Waals surface area contributed by atoms with Gasteiger partial charge in [0.05, 0.1) is 11.4 Å². The molecule has 7 heteroatoms. The molecule has 0 aliphatic rings. The van der Waals surface area contributed by atoms with E-state index in [1.54, 1.807) is 42.9 Å². The van der Waals surface area contributed by atoms with E-state index in [0.717, 1.165) is 5.56 Å². The van der Waals surface area contributed by atoms with Gasteiger partial charge < -0.3 is 0 Å². The number of nitrogens with zero attached hydrogens (tertiary/aromatic N) is 4. The molecule has 3 rings (SSSR count). The summed E-state index contributed by atoms with van der Waals surface area (Å²) in [7, 11) is 1.75. The molecule has 0 saturated heterocycles. The number of hydrogen-bond donors (Lipinski definition) is 1. The second-order valence-electron chi connectivity index (χ2n) is 6.32. The fourth-order valence-corrected chi connectivity index (χ4v) is 2.86. The van der Waals surface area contributed by atoms with Crippen LogP contribution in [0.5, 0.6) is 0 Å². The summed E-state index contributed by atoms with van der Waals surface area (Å²) in [4.78, 5) is 25.4. The molecule has 0 amide bonds. The molecule has 7 nitrogen and oxygen atoms in total. The summed E-state index contributed by atoms with van der Waals surface area (Å²) < 4.78 is 3.17. The molecule has 28 heavy (non-hydrogen) atoms. The first-order valence-corrected chi connectivity index (χ1v) is 8.63. The maximum atomic E-state index is 12.8. The highest BCUT2D eigenvalue weighted by molar-refractivity contribution is 6.51. The van der Waals surface area contributed by atoms with E-state index >= 15 is 0 Å². The van der Waals surface area contributed by atoms with Crippen LogP contribution in [0.2, 0.25) is 0 Å². The Labute approximate surface area is 162 Å². The van der Waals surface area contributed by atoms with Crippen molar-refractivity contribution in [2.75, 3.05) is 5.43 Å². The molecular formula is C21H19N5O2. The van der Waals surface area contributed by atoms with Crippen molar-refractivity contribution in [3.8, 4) is 11.8 Å². The van der Waals surface area contributed by atoms with Crippen LogP contribution in [-0.2, 0) is 7.05 Å². The van der Waals surface area contributed by atoms with Crippen LogP contribution in [0.15, 0.2) is 64.5 Å². The number of rotatable bonds is 5. The van der Waals surface area contributed by atoms with E-state index in [9.17, 15) is 14.9 Å². The number of nitriles is 1. The number of hydrazone groups is 1. The van der Waals surface area contributed by atoms with Gasteiger partial charge in [-0.2, -0.15) is 10.4 Å². The van der Waals surface area contributed by atoms with Crippen LogP contribution in [0.4, 0.5) is 5.69 Å². The average Bonchev–Trinajstić information content (AvgIpc) is 2.91. The third-order valence-electron chi connectivity index (χ3n) is 4.43. The third-order valence-corrected chi connectivity index (χ3v) is 4.43. The van der Waals surface area contributed by atoms with Crippen LogP contribution in [0.25, 0.3) is 5.69 Å². The van der Waals surface area contributed by atoms with Gasteiger partial charge in [-0.15, -0.1) is 0 Å². The highest BCUT2D eigenvalue weighted by Gasteiger charge is 2.18. The van der Waals surface area contributed by atoms with Crippen molar-refractivity contribution in [1.29, 1.82) is 5.26 Å². The summed E-state index contributed by atoms with van der Waals surface area (Å²) in [6.07, 6.45) is 0. The Kier molecular flexibility index (Phi) is 5.23. The van der Waals surface area contributed by atoms with Crippen molar-refractivity contribution in [3.63, 3.8) is 0 Å². The second-order valence-corrected chi connectivity index (χ2v) is 6.32. The van der Waals surface area contributed by atoms with Crippen molar-refractivity contribution in [2.24, 2.45) is 12.1 Å². The predicted molar refractivity (Wildman–Crippen MR) is 108 cm³/mol. The number of aromatic nitrogens is 2. The third kappa shape index (κ3) is 3.48. The van der Waals surface area contributed by atoms with E-state index in [-0.39, 0.29) is 17.0 Å². The number of hydrogen-bond acceptors (Lipinski definition) is 5. The highest BCUT2D eigenvalue weighted by atomic mass is 16.1. The number of ketones is 1. The zero-order chi connectivity index (χ0) is 20.3. The molecule has 2 aromatic carbocycles. The minimum atomic E-state index is -0.504. The highest BCUT2D eigenvalue weighted by Crippen LogP contribution is 2.14. The number of benzene rings is 2. The molecule has 0 bridgehead atoms. The van der Waals surface area contributed by atoms with Gasteiger partial charge in [0.25, 0.3) is 5.56 Å². The number of carbonyl (C=O) groups is 1. The van der Waals surface area contributed by atoms with Crippen LogP contribution in [0.3, 0.4) is 0 Å². The maximum Gasteiger partial charge on any atom is 0.296 e. The molecule has 0 radical (unpaired) electrons. The minimum absolute atomic E-state index is 0.205. The monoisotopic (exact) mass is 373 g/mol. The molecule has 3 aromatic rings. The smallest absolute Gasteiger partial charge is 0.286 e. The topological polar surface area (TPSA) is 92.2 Å². The zero-order valence-corrected chi connectivity index (χ0v) is 15.8. The molecule has 140 valence electrons. The SMILES string of the molecule is Cc1cccc(C(=O)/C(C#N)=N\Nc2c(C)n(C)n(-c3ccccc3)c2=O)c1. The number of anilines is 1. The van der Waals surface area contributed by atoms with Gasteiger partial charge in [-0.1, -0.05) is 42.0 Å². The van der Waals surface area contributed by atoms with Gasteiger partial charge in [0, 0.05) is 12.6 Å². The number of carbonyl (C=O) groups excluding carboxylic acids is 1. The number of nitrogens with one attached hydrogen (secondary N) is 1. The van der Waals surface area contributed by atoms with Gasteiger partial charge in [0.1, 0.15) is 11.8 Å². The van der Waals surface area contributed by atoms with Crippen LogP contribution in [-0.4, -0.2) is 20.9 Å². The summed E-state index contributed by atoms with van der Waals surface area (Å²) in [6, 6.07) is 17.9. The number of Topliss-reactive ketones (excluding diaryl/α,β-unsaturated/α-hetero) is 1. The molecule has 1 N–H and O–H groups in total. The Bertz CT molecular complexity index is 1160. The van der Waals surface area contributed by atoms with Crippen molar-refractivity contribution in [2.45, 2.75) is 13.8 Å². The van der Waals surface area contributed by atoms with E-state index in [1.807, 2.05) is 43.3 Å². The average molecular weight is 373 g/mol. The molecule has 1 aromatic heterocycles. The molecule has 0 aliphatic carbocycles. The normalized spacial score (nSPS) is 11.1. The second kappa shape index (κ2) is 7.76. The van der Waals surface area contributed by atoms with Crippen LogP contribution >= 0.6 is 0 Å². The zero-order valence-electron chi connectivity index (χ0n) is 15.8. The summed E-state index contributed by atoms with van der Waals surface area (Å²) in [5.74, 6) is -0.504. The lowest BCUT2D eigenvalue weighted by molar-refractivity contribution is 0.106. The first-order valence-electron chi connectivity index (χ1n) is 8.63. The van der Waals surface area contributed by atoms with Crippen LogP contribution < -0.4 is 11.0 Å². The Morgan fingerprint density at radius 3 is 2.46 bits per heavy atom. The van der Waals surface area contributed by atoms with Crippen LogP contribution in [0, 0.1) is 25.2 Å². The first-order chi connectivity index (χ1) is 13.4. The molecule has 0 unspecified atom stereocenters. The van der Waals surface area contributed by atoms with E-state index in [4.69, 9.17) is 0 Å². The first kappa shape index (κ1) is 18.9. The number of aryl methyl sites for hydroxylation is 1. The molecule has 0 saturated carbocycles. The Morgan fingerprint density at radius 1 is 1.11 bits per heavy atom. The lowest BCUT2D eigenvalue weighted by atomic mass is 10.1. The summed E-state index contributed by atoms with van der Waals surface area (Å²) in [5.41, 5.74) is 4.78. The van der Waals surface area contributed by atoms with E-state index in [0.29, 0.717) is 16.9 Å². The summed E-state index contributed by atoms with van der Waals surface area (Å²) >= 11 is 0. The van der Waals surface area contributed by atoms with Crippen molar-refractivity contribution >= 4 is 17.2 Å². The fraction of sp³-hybridized carbons (Fsp3) is 0.143. The fourth-order valence-electron chi connectivity index (χ4n) is 2.86. The molecule has 0 aliphatic heterocycles. The van der Waals surface area contributed by atoms with Gasteiger partial charge in [-0.25, -0.2) is 4.68 Å². The standard InChI is InChI=1S/C21H19N5O2/c1-14-8-7-9-16(12-14)20(27)18(13-22)23-24-19-15(2)25(3)26(21(19)28)17-10-5-4-6-11-17/h4-12,24H,1-3H3/b23-18-. The molecule has 0 fully saturated rings. The van der Waals surface area contributed by atoms with E-state index < -0.39 is 5.78 Å². The molecule has 1 heterocycles. The van der Waals surface area contributed by atoms with Gasteiger partial charge in [-0.05, 0) is 32.0 Å². The molecule has 0 atom stereocenters. The Hall–Kier alpha value is -3.92. The lowest BCUT2D eigenvalue weighted by Crippen LogP contribution is -2.21. The van der Waals surface area contributed by atoms with E-state index in [1.165, 1.54) is 4.68 Å². The Balaban J connectivity index is 1.96. The van der Waals surface area contributed by atoms with Crippen molar-refractivity contribution < 1.29 is 4.79 Å². The summed E-state index contributed by atoms with van der Waals surface area (Å²) in [5, 5.41) is 13.3. The maximum absolute atomic E-state index is 12.8. The van der Waals surface area contributed by atoms with Gasteiger partial charge in [-0.3, -0.25) is 19.7 Å². The van der Waals surface area contributed by atoms with E-state index in [2.05, 4.69) is 10.5 Å².